The monoisotopic (exact) mass is 597 g/mol. The van der Waals surface area contributed by atoms with Crippen molar-refractivity contribution in [3.05, 3.63) is 109 Å². The van der Waals surface area contributed by atoms with Crippen molar-refractivity contribution >= 4 is 40.4 Å². The van der Waals surface area contributed by atoms with Crippen molar-refractivity contribution in [1.82, 2.24) is 4.72 Å². The summed E-state index contributed by atoms with van der Waals surface area (Å²) in [5.74, 6) is 1.08. The quantitative estimate of drug-likeness (QED) is 0.183. The van der Waals surface area contributed by atoms with Crippen LogP contribution in [0.4, 0.5) is 0 Å². The van der Waals surface area contributed by atoms with Gasteiger partial charge in [0, 0.05) is 12.6 Å². The molecule has 5 rings (SSSR count). The summed E-state index contributed by atoms with van der Waals surface area (Å²) >= 11 is 0. The molecule has 1 saturated carbocycles. The van der Waals surface area contributed by atoms with E-state index in [2.05, 4.69) is 129 Å². The third-order valence-electron chi connectivity index (χ3n) is 8.76. The topological polar surface area (TPSA) is 38.3 Å². The first-order valence-corrected chi connectivity index (χ1v) is 18.4. The standard InChI is InChI=1S/C37H47NO2SSi/c1-36(2,3)41(39)38-32(25-29-18-15-17-28-16-13-14-23-35(28)29)26-30-24-31(30)27-40-42(37(4,5)6,33-19-9-7-10-20-33)34-21-11-8-12-22-34/h7-23,30-32,38H,24-27H2,1-6H3/t30-,31+,32+,41-/m0/s1. The van der Waals surface area contributed by atoms with Crippen LogP contribution < -0.4 is 15.1 Å². The Bertz CT molecular complexity index is 1450. The first-order valence-electron chi connectivity index (χ1n) is 15.4. The predicted molar refractivity (Wildman–Crippen MR) is 182 cm³/mol. The van der Waals surface area contributed by atoms with E-state index in [1.54, 1.807) is 0 Å². The highest BCUT2D eigenvalue weighted by Gasteiger charge is 2.51. The number of hydrogen-bond donors (Lipinski definition) is 1. The highest BCUT2D eigenvalue weighted by Crippen LogP contribution is 2.45. The van der Waals surface area contributed by atoms with Crippen LogP contribution >= 0.6 is 0 Å². The molecule has 0 spiro atoms. The van der Waals surface area contributed by atoms with Gasteiger partial charge in [-0.2, -0.15) is 0 Å². The molecule has 1 aliphatic carbocycles. The van der Waals surface area contributed by atoms with Gasteiger partial charge in [-0.3, -0.25) is 0 Å². The summed E-state index contributed by atoms with van der Waals surface area (Å²) in [6.07, 6.45) is 3.02. The second kappa shape index (κ2) is 12.6. The zero-order chi connectivity index (χ0) is 30.0. The van der Waals surface area contributed by atoms with Crippen LogP contribution in [0, 0.1) is 11.8 Å². The molecule has 4 aromatic rings. The summed E-state index contributed by atoms with van der Waals surface area (Å²) in [6.45, 7) is 13.9. The summed E-state index contributed by atoms with van der Waals surface area (Å²) in [7, 11) is -3.68. The fourth-order valence-electron chi connectivity index (χ4n) is 6.40. The molecule has 0 bridgehead atoms. The Hall–Kier alpha value is -2.57. The molecule has 0 aromatic heterocycles. The molecule has 0 radical (unpaired) electrons. The van der Waals surface area contributed by atoms with Crippen LogP contribution in [0.1, 0.15) is 59.9 Å². The molecule has 222 valence electrons. The smallest absolute Gasteiger partial charge is 0.261 e. The first kappa shape index (κ1) is 30.9. The Morgan fingerprint density at radius 2 is 1.36 bits per heavy atom. The Morgan fingerprint density at radius 3 is 1.95 bits per heavy atom. The molecule has 0 unspecified atom stereocenters. The fraction of sp³-hybridized carbons (Fsp3) is 0.405. The Kier molecular flexibility index (Phi) is 9.24. The van der Waals surface area contributed by atoms with Gasteiger partial charge in [0.2, 0.25) is 0 Å². The Balaban J connectivity index is 1.35. The molecular weight excluding hydrogens is 551 g/mol. The van der Waals surface area contributed by atoms with Crippen molar-refractivity contribution < 1.29 is 8.63 Å². The lowest BCUT2D eigenvalue weighted by molar-refractivity contribution is 0.271. The predicted octanol–water partition coefficient (Wildman–Crippen LogP) is 7.41. The SMILES string of the molecule is CC(C)(C)[S@](=O)N[C@H](Cc1cccc2ccccc12)C[C@@H]1C[C@@H]1CO[Si](c1ccccc1)(c1ccccc1)C(C)(C)C. The molecule has 0 amide bonds. The van der Waals surface area contributed by atoms with Crippen LogP contribution in [0.25, 0.3) is 10.8 Å². The van der Waals surface area contributed by atoms with Crippen LogP contribution in [0.15, 0.2) is 103 Å². The van der Waals surface area contributed by atoms with Gasteiger partial charge in [-0.1, -0.05) is 124 Å². The van der Waals surface area contributed by atoms with Gasteiger partial charge in [-0.05, 0) is 83.6 Å². The summed E-state index contributed by atoms with van der Waals surface area (Å²) in [5.41, 5.74) is 1.32. The largest absolute Gasteiger partial charge is 0.407 e. The molecule has 3 nitrogen and oxygen atoms in total. The van der Waals surface area contributed by atoms with Gasteiger partial charge in [0.25, 0.3) is 8.32 Å². The molecule has 4 aromatic carbocycles. The van der Waals surface area contributed by atoms with Crippen molar-refractivity contribution in [2.24, 2.45) is 11.8 Å². The van der Waals surface area contributed by atoms with Crippen molar-refractivity contribution in [2.45, 2.75) is 76.6 Å². The maximum Gasteiger partial charge on any atom is 0.261 e. The summed E-state index contributed by atoms with van der Waals surface area (Å²) in [5, 5.41) is 5.18. The second-order valence-electron chi connectivity index (χ2n) is 14.0. The van der Waals surface area contributed by atoms with Gasteiger partial charge in [0.15, 0.2) is 0 Å². The van der Waals surface area contributed by atoms with E-state index in [1.165, 1.54) is 26.7 Å². The molecule has 42 heavy (non-hydrogen) atoms. The van der Waals surface area contributed by atoms with E-state index in [9.17, 15) is 4.21 Å². The molecular formula is C37H47NO2SSi. The van der Waals surface area contributed by atoms with E-state index < -0.39 is 19.3 Å². The average molecular weight is 598 g/mol. The second-order valence-corrected chi connectivity index (χ2v) is 20.3. The lowest BCUT2D eigenvalue weighted by Crippen LogP contribution is -2.66. The van der Waals surface area contributed by atoms with E-state index in [-0.39, 0.29) is 15.8 Å². The normalized spacial score (nSPS) is 19.0. The minimum atomic E-state index is -2.55. The maximum absolute atomic E-state index is 13.3. The number of fused-ring (bicyclic) bond motifs is 1. The van der Waals surface area contributed by atoms with Gasteiger partial charge >= 0.3 is 0 Å². The lowest BCUT2D eigenvalue weighted by Gasteiger charge is -2.43. The van der Waals surface area contributed by atoms with Gasteiger partial charge in [-0.25, -0.2) is 8.93 Å². The van der Waals surface area contributed by atoms with Crippen molar-refractivity contribution in [3.8, 4) is 0 Å². The van der Waals surface area contributed by atoms with E-state index in [1.807, 2.05) is 20.8 Å². The summed E-state index contributed by atoms with van der Waals surface area (Å²) < 4.78 is 23.8. The van der Waals surface area contributed by atoms with Crippen LogP contribution in [-0.4, -0.2) is 29.9 Å². The van der Waals surface area contributed by atoms with Crippen molar-refractivity contribution in [3.63, 3.8) is 0 Å². The Morgan fingerprint density at radius 1 is 0.786 bits per heavy atom. The number of hydrogen-bond acceptors (Lipinski definition) is 2. The van der Waals surface area contributed by atoms with Gasteiger partial charge in [0.1, 0.15) is 0 Å². The maximum atomic E-state index is 13.3. The van der Waals surface area contributed by atoms with E-state index in [4.69, 9.17) is 4.43 Å². The van der Waals surface area contributed by atoms with Gasteiger partial charge in [0.05, 0.1) is 15.7 Å². The van der Waals surface area contributed by atoms with Crippen molar-refractivity contribution in [2.75, 3.05) is 6.61 Å². The molecule has 4 atom stereocenters. The van der Waals surface area contributed by atoms with E-state index in [0.717, 1.165) is 25.9 Å². The zero-order valence-electron chi connectivity index (χ0n) is 26.1. The van der Waals surface area contributed by atoms with E-state index in [0.29, 0.717) is 11.8 Å². The molecule has 1 fully saturated rings. The van der Waals surface area contributed by atoms with Crippen LogP contribution in [-0.2, 0) is 21.8 Å². The van der Waals surface area contributed by atoms with Crippen molar-refractivity contribution in [1.29, 1.82) is 0 Å². The summed E-state index contributed by atoms with van der Waals surface area (Å²) in [6, 6.07) is 37.1. The van der Waals surface area contributed by atoms with Crippen LogP contribution in [0.3, 0.4) is 0 Å². The van der Waals surface area contributed by atoms with Crippen LogP contribution in [0.2, 0.25) is 5.04 Å². The average Bonchev–Trinajstić information content (AvgIpc) is 3.71. The van der Waals surface area contributed by atoms with Crippen LogP contribution in [0.5, 0.6) is 0 Å². The zero-order valence-corrected chi connectivity index (χ0v) is 27.9. The number of rotatable bonds is 11. The van der Waals surface area contributed by atoms with Gasteiger partial charge < -0.3 is 4.43 Å². The molecule has 0 saturated heterocycles. The third kappa shape index (κ3) is 6.81. The minimum Gasteiger partial charge on any atom is -0.407 e. The molecule has 5 heteroatoms. The number of benzene rings is 4. The first-order chi connectivity index (χ1) is 20.0. The highest BCUT2D eigenvalue weighted by molar-refractivity contribution is 7.84. The number of nitrogens with one attached hydrogen (secondary N) is 1. The Labute approximate surface area is 256 Å². The molecule has 1 aliphatic rings. The minimum absolute atomic E-state index is 0.0256. The molecule has 0 heterocycles. The van der Waals surface area contributed by atoms with Gasteiger partial charge in [-0.15, -0.1) is 0 Å². The van der Waals surface area contributed by atoms with E-state index >= 15 is 0 Å². The summed E-state index contributed by atoms with van der Waals surface area (Å²) in [4.78, 5) is 0. The molecule has 1 N–H and O–H groups in total. The fourth-order valence-corrected chi connectivity index (χ4v) is 11.9. The third-order valence-corrected chi connectivity index (χ3v) is 15.4. The molecule has 0 aliphatic heterocycles. The lowest BCUT2D eigenvalue weighted by atomic mass is 9.96. The highest BCUT2D eigenvalue weighted by atomic mass is 32.2.